The molecule has 0 fully saturated rings. The number of aryl methyl sites for hydroxylation is 1. The van der Waals surface area contributed by atoms with Crippen molar-refractivity contribution in [2.45, 2.75) is 13.8 Å². The Hall–Kier alpha value is -1.52. The monoisotopic (exact) mass is 212 g/mol. The van der Waals surface area contributed by atoms with Gasteiger partial charge in [-0.1, -0.05) is 30.9 Å². The molecule has 0 aliphatic carbocycles. The summed E-state index contributed by atoms with van der Waals surface area (Å²) >= 11 is 1.79. The second-order valence-electron chi connectivity index (χ2n) is 3.38. The molecule has 15 heavy (non-hydrogen) atoms. The van der Waals surface area contributed by atoms with Gasteiger partial charge in [0.05, 0.1) is 5.39 Å². The molecule has 0 nitrogen and oxygen atoms in total. The van der Waals surface area contributed by atoms with E-state index >= 15 is 0 Å². The van der Waals surface area contributed by atoms with E-state index in [-0.39, 0.29) is 0 Å². The second-order valence-corrected chi connectivity index (χ2v) is 4.44. The standard InChI is InChI=1S/C14H12S/c1-4-7-13-11(5-2)12-9-6-8-10(3)14(12)15-13/h4-5,7-8H,2H2,1,3H3/b7-4-. The van der Waals surface area contributed by atoms with Gasteiger partial charge in [0.2, 0.25) is 0 Å². The highest BCUT2D eigenvalue weighted by Gasteiger charge is 2.08. The Bertz CT molecular complexity index is 530. The van der Waals surface area contributed by atoms with Crippen LogP contribution in [0.15, 0.2) is 18.7 Å². The Kier molecular flexibility index (Phi) is 2.62. The molecule has 1 heterocycles. The third-order valence-electron chi connectivity index (χ3n) is 2.34. The zero-order valence-electron chi connectivity index (χ0n) is 8.92. The van der Waals surface area contributed by atoms with E-state index < -0.39 is 0 Å². The first-order valence-electron chi connectivity index (χ1n) is 4.88. The van der Waals surface area contributed by atoms with Crippen LogP contribution in [-0.2, 0) is 0 Å². The van der Waals surface area contributed by atoms with Crippen molar-refractivity contribution < 1.29 is 0 Å². The lowest BCUT2D eigenvalue weighted by molar-refractivity contribution is 1.57. The SMILES string of the molecule is C=Cc1c(/C=C\C)sc2c(C)cc#cc12. The average Bonchev–Trinajstić information content (AvgIpc) is 2.58. The molecule has 2 rings (SSSR count). The summed E-state index contributed by atoms with van der Waals surface area (Å²) in [6.45, 7) is 8.00. The fourth-order valence-corrected chi connectivity index (χ4v) is 2.83. The molecule has 1 heteroatoms. The van der Waals surface area contributed by atoms with Gasteiger partial charge in [-0.05, 0) is 31.6 Å². The minimum atomic E-state index is 1.14. The molecule has 0 unspecified atom stereocenters. The second kappa shape index (κ2) is 3.92. The minimum Gasteiger partial charge on any atom is -0.134 e. The van der Waals surface area contributed by atoms with E-state index in [1.165, 1.54) is 20.7 Å². The topological polar surface area (TPSA) is 0 Å². The summed E-state index contributed by atoms with van der Waals surface area (Å²) in [5, 5.41) is 1.14. The number of hydrogen-bond acceptors (Lipinski definition) is 1. The van der Waals surface area contributed by atoms with E-state index in [9.17, 15) is 0 Å². The van der Waals surface area contributed by atoms with Crippen LogP contribution in [0.4, 0.5) is 0 Å². The van der Waals surface area contributed by atoms with Crippen molar-refractivity contribution in [2.24, 2.45) is 0 Å². The van der Waals surface area contributed by atoms with Crippen LogP contribution in [0.3, 0.4) is 0 Å². The highest BCUT2D eigenvalue weighted by atomic mass is 32.1. The third-order valence-corrected chi connectivity index (χ3v) is 3.65. The normalized spacial score (nSPS) is 10.8. The van der Waals surface area contributed by atoms with E-state index in [1.807, 2.05) is 19.1 Å². The summed E-state index contributed by atoms with van der Waals surface area (Å²) in [6.07, 6.45) is 6.07. The van der Waals surface area contributed by atoms with E-state index in [0.717, 1.165) is 5.39 Å². The summed E-state index contributed by atoms with van der Waals surface area (Å²) in [6, 6.07) is 8.19. The first-order valence-corrected chi connectivity index (χ1v) is 5.70. The van der Waals surface area contributed by atoms with Gasteiger partial charge < -0.3 is 0 Å². The van der Waals surface area contributed by atoms with Crippen LogP contribution in [0.5, 0.6) is 0 Å². The number of thiophene rings is 1. The fourth-order valence-electron chi connectivity index (χ4n) is 1.62. The highest BCUT2D eigenvalue weighted by molar-refractivity contribution is 7.20. The van der Waals surface area contributed by atoms with Crippen LogP contribution in [0.2, 0.25) is 0 Å². The van der Waals surface area contributed by atoms with Crippen LogP contribution in [0.25, 0.3) is 22.2 Å². The van der Waals surface area contributed by atoms with E-state index in [4.69, 9.17) is 0 Å². The predicted molar refractivity (Wildman–Crippen MR) is 69.0 cm³/mol. The quantitative estimate of drug-likeness (QED) is 0.688. The van der Waals surface area contributed by atoms with E-state index in [0.29, 0.717) is 0 Å². The average molecular weight is 212 g/mol. The number of rotatable bonds is 2. The lowest BCUT2D eigenvalue weighted by Crippen LogP contribution is -1.71. The van der Waals surface area contributed by atoms with Gasteiger partial charge in [0.1, 0.15) is 0 Å². The Labute approximate surface area is 94.6 Å². The Morgan fingerprint density at radius 1 is 1.47 bits per heavy atom. The summed E-state index contributed by atoms with van der Waals surface area (Å²) in [7, 11) is 0. The molecular formula is C14H12S. The van der Waals surface area contributed by atoms with Gasteiger partial charge in [0.25, 0.3) is 0 Å². The van der Waals surface area contributed by atoms with Crippen LogP contribution in [0.1, 0.15) is 22.9 Å². The van der Waals surface area contributed by atoms with Crippen LogP contribution in [0, 0.1) is 19.1 Å². The van der Waals surface area contributed by atoms with Gasteiger partial charge in [-0.25, -0.2) is 0 Å². The molecule has 0 radical (unpaired) electrons. The van der Waals surface area contributed by atoms with Gasteiger partial charge >= 0.3 is 0 Å². The third kappa shape index (κ3) is 1.58. The van der Waals surface area contributed by atoms with Gasteiger partial charge in [0, 0.05) is 15.1 Å². The molecule has 0 saturated carbocycles. The Morgan fingerprint density at radius 3 is 2.93 bits per heavy atom. The maximum absolute atomic E-state index is 3.86. The maximum atomic E-state index is 3.86. The van der Waals surface area contributed by atoms with Crippen molar-refractivity contribution in [1.82, 2.24) is 0 Å². The minimum absolute atomic E-state index is 1.14. The van der Waals surface area contributed by atoms with E-state index in [1.54, 1.807) is 11.3 Å². The Balaban J connectivity index is 2.84. The molecule has 0 amide bonds. The van der Waals surface area contributed by atoms with Crippen LogP contribution >= 0.6 is 11.3 Å². The summed E-state index contributed by atoms with van der Waals surface area (Å²) in [4.78, 5) is 1.25. The lowest BCUT2D eigenvalue weighted by Gasteiger charge is -1.90. The molecule has 2 aromatic rings. The molecule has 0 spiro atoms. The molecule has 1 aromatic heterocycles. The molecule has 0 saturated heterocycles. The number of allylic oxidation sites excluding steroid dienone is 1. The van der Waals surface area contributed by atoms with Crippen molar-refractivity contribution in [3.63, 3.8) is 0 Å². The van der Waals surface area contributed by atoms with Gasteiger partial charge in [-0.15, -0.1) is 11.3 Å². The molecule has 0 bridgehead atoms. The largest absolute Gasteiger partial charge is 0.134 e. The Morgan fingerprint density at radius 2 is 2.27 bits per heavy atom. The molecule has 0 aliphatic rings. The smallest absolute Gasteiger partial charge is 0.0510 e. The molecule has 74 valence electrons. The van der Waals surface area contributed by atoms with Gasteiger partial charge in [-0.2, -0.15) is 0 Å². The summed E-state index contributed by atoms with van der Waals surface area (Å²) < 4.78 is 1.29. The molecule has 0 aliphatic heterocycles. The van der Waals surface area contributed by atoms with Crippen molar-refractivity contribution in [1.29, 1.82) is 0 Å². The predicted octanol–water partition coefficient (Wildman–Crippen LogP) is 4.49. The van der Waals surface area contributed by atoms with Crippen molar-refractivity contribution in [2.75, 3.05) is 0 Å². The maximum Gasteiger partial charge on any atom is 0.0510 e. The number of hydrogen-bond donors (Lipinski definition) is 0. The highest BCUT2D eigenvalue weighted by Crippen LogP contribution is 2.33. The van der Waals surface area contributed by atoms with Gasteiger partial charge in [-0.3, -0.25) is 0 Å². The van der Waals surface area contributed by atoms with Gasteiger partial charge in [0.15, 0.2) is 0 Å². The first-order chi connectivity index (χ1) is 7.27. The zero-order chi connectivity index (χ0) is 10.8. The van der Waals surface area contributed by atoms with Crippen LogP contribution < -0.4 is 0 Å². The van der Waals surface area contributed by atoms with Crippen LogP contribution in [-0.4, -0.2) is 0 Å². The summed E-state index contributed by atoms with van der Waals surface area (Å²) in [5.74, 6) is 0. The molecule has 1 aromatic carbocycles. The van der Waals surface area contributed by atoms with E-state index in [2.05, 4.69) is 37.8 Å². The van der Waals surface area contributed by atoms with Crippen molar-refractivity contribution in [3.8, 4) is 0 Å². The van der Waals surface area contributed by atoms with Crippen molar-refractivity contribution in [3.05, 3.63) is 46.9 Å². The fraction of sp³-hybridized carbons (Fsp3) is 0.143. The number of fused-ring (bicyclic) bond motifs is 1. The molecule has 0 atom stereocenters. The molecular weight excluding hydrogens is 200 g/mol. The first kappa shape index (κ1) is 10.0. The zero-order valence-corrected chi connectivity index (χ0v) is 9.74. The lowest BCUT2D eigenvalue weighted by atomic mass is 10.1. The summed E-state index contributed by atoms with van der Waals surface area (Å²) in [5.41, 5.74) is 2.43. The van der Waals surface area contributed by atoms with Crippen molar-refractivity contribution >= 4 is 33.6 Å². The molecule has 0 N–H and O–H groups in total.